The quantitative estimate of drug-likeness (QED) is 0.524. The van der Waals surface area contributed by atoms with E-state index < -0.39 is 10.0 Å². The second kappa shape index (κ2) is 8.76. The maximum absolute atomic E-state index is 13.5. The van der Waals surface area contributed by atoms with Gasteiger partial charge in [-0.15, -0.1) is 0 Å². The van der Waals surface area contributed by atoms with Crippen molar-refractivity contribution in [3.8, 4) is 11.5 Å². The van der Waals surface area contributed by atoms with Gasteiger partial charge in [-0.1, -0.05) is 41.4 Å². The van der Waals surface area contributed by atoms with Crippen LogP contribution >= 0.6 is 11.6 Å². The molecule has 0 aromatic heterocycles. The summed E-state index contributed by atoms with van der Waals surface area (Å²) in [6, 6.07) is 18.9. The molecule has 0 radical (unpaired) electrons. The van der Waals surface area contributed by atoms with Gasteiger partial charge in [0.15, 0.2) is 0 Å². The second-order valence-corrected chi connectivity index (χ2v) is 8.82. The first-order chi connectivity index (χ1) is 13.8. The molecule has 0 saturated carbocycles. The summed E-state index contributed by atoms with van der Waals surface area (Å²) in [4.78, 5) is 0.149. The first-order valence-corrected chi connectivity index (χ1v) is 10.7. The molecule has 5 nitrogen and oxygen atoms in total. The normalized spacial score (nSPS) is 11.2. The fraction of sp³-hybridized carbons (Fsp3) is 0.182. The van der Waals surface area contributed by atoms with E-state index in [4.69, 9.17) is 21.1 Å². The fourth-order valence-electron chi connectivity index (χ4n) is 2.84. The molecule has 0 aliphatic rings. The molecule has 0 spiro atoms. The second-order valence-electron chi connectivity index (χ2n) is 6.52. The summed E-state index contributed by atoms with van der Waals surface area (Å²) in [7, 11) is -0.817. The minimum absolute atomic E-state index is 0.149. The molecule has 0 atom stereocenters. The smallest absolute Gasteiger partial charge is 0.264 e. The largest absolute Gasteiger partial charge is 0.497 e. The number of halogens is 1. The fourth-order valence-corrected chi connectivity index (χ4v) is 4.41. The highest BCUT2D eigenvalue weighted by Crippen LogP contribution is 2.33. The van der Waals surface area contributed by atoms with Crippen LogP contribution in [0.15, 0.2) is 71.6 Å². The number of anilines is 1. The molecule has 0 amide bonds. The first-order valence-electron chi connectivity index (χ1n) is 8.90. The Balaban J connectivity index is 2.13. The van der Waals surface area contributed by atoms with Crippen LogP contribution in [0.4, 0.5) is 5.69 Å². The van der Waals surface area contributed by atoms with Crippen molar-refractivity contribution in [3.63, 3.8) is 0 Å². The zero-order valence-electron chi connectivity index (χ0n) is 16.4. The summed E-state index contributed by atoms with van der Waals surface area (Å²) in [5, 5.41) is 0.470. The molecule has 0 heterocycles. The summed E-state index contributed by atoms with van der Waals surface area (Å²) < 4.78 is 39.0. The molecule has 3 aromatic carbocycles. The van der Waals surface area contributed by atoms with Crippen LogP contribution in [0, 0.1) is 6.92 Å². The van der Waals surface area contributed by atoms with Gasteiger partial charge in [0.25, 0.3) is 10.0 Å². The molecule has 3 aromatic rings. The molecule has 152 valence electrons. The Labute approximate surface area is 176 Å². The number of nitrogens with zero attached hydrogens (tertiary/aromatic N) is 1. The zero-order valence-corrected chi connectivity index (χ0v) is 18.0. The Morgan fingerprint density at radius 2 is 1.41 bits per heavy atom. The minimum Gasteiger partial charge on any atom is -0.497 e. The van der Waals surface area contributed by atoms with Crippen LogP contribution in [-0.4, -0.2) is 22.6 Å². The highest BCUT2D eigenvalue weighted by molar-refractivity contribution is 7.92. The van der Waals surface area contributed by atoms with Crippen molar-refractivity contribution in [2.24, 2.45) is 0 Å². The maximum Gasteiger partial charge on any atom is 0.264 e. The Hall–Kier alpha value is -2.70. The molecule has 7 heteroatoms. The van der Waals surface area contributed by atoms with Gasteiger partial charge in [-0.25, -0.2) is 8.42 Å². The predicted octanol–water partition coefficient (Wildman–Crippen LogP) is 5.06. The highest BCUT2D eigenvalue weighted by Gasteiger charge is 2.26. The van der Waals surface area contributed by atoms with E-state index in [9.17, 15) is 8.42 Å². The van der Waals surface area contributed by atoms with Crippen molar-refractivity contribution in [1.82, 2.24) is 0 Å². The maximum atomic E-state index is 13.5. The van der Waals surface area contributed by atoms with Gasteiger partial charge >= 0.3 is 0 Å². The first kappa shape index (κ1) is 21.0. The van der Waals surface area contributed by atoms with E-state index in [0.29, 0.717) is 22.2 Å². The summed E-state index contributed by atoms with van der Waals surface area (Å²) in [5.41, 5.74) is 2.40. The van der Waals surface area contributed by atoms with Crippen LogP contribution in [0.5, 0.6) is 11.5 Å². The van der Waals surface area contributed by atoms with Crippen LogP contribution in [0.25, 0.3) is 0 Å². The molecule has 0 fully saturated rings. The van der Waals surface area contributed by atoms with Gasteiger partial charge in [0.05, 0.1) is 31.3 Å². The third kappa shape index (κ3) is 4.83. The van der Waals surface area contributed by atoms with Gasteiger partial charge in [0.2, 0.25) is 0 Å². The van der Waals surface area contributed by atoms with Crippen molar-refractivity contribution in [2.75, 3.05) is 18.5 Å². The van der Waals surface area contributed by atoms with Crippen molar-refractivity contribution in [1.29, 1.82) is 0 Å². The summed E-state index contributed by atoms with van der Waals surface area (Å²) in [6.45, 7) is 2.14. The SMILES string of the molecule is COc1cc(OC)cc(N(Cc2ccc(C)cc2)S(=O)(=O)c2ccc(Cl)cc2)c1. The van der Waals surface area contributed by atoms with Crippen molar-refractivity contribution in [3.05, 3.63) is 82.9 Å². The monoisotopic (exact) mass is 431 g/mol. The van der Waals surface area contributed by atoms with Gasteiger partial charge in [0, 0.05) is 23.2 Å². The molecular formula is C22H22ClNO4S. The molecule has 0 N–H and O–H groups in total. The van der Waals surface area contributed by atoms with Crippen molar-refractivity contribution < 1.29 is 17.9 Å². The summed E-state index contributed by atoms with van der Waals surface area (Å²) >= 11 is 5.94. The van der Waals surface area contributed by atoms with E-state index in [2.05, 4.69) is 0 Å². The van der Waals surface area contributed by atoms with Gasteiger partial charge in [-0.2, -0.15) is 0 Å². The summed E-state index contributed by atoms with van der Waals surface area (Å²) in [6.07, 6.45) is 0. The van der Waals surface area contributed by atoms with Gasteiger partial charge in [-0.05, 0) is 36.8 Å². The van der Waals surface area contributed by atoms with Crippen molar-refractivity contribution in [2.45, 2.75) is 18.4 Å². The number of ether oxygens (including phenoxy) is 2. The lowest BCUT2D eigenvalue weighted by molar-refractivity contribution is 0.394. The number of benzene rings is 3. The molecule has 0 bridgehead atoms. The van der Waals surface area contributed by atoms with E-state index in [1.165, 1.54) is 30.7 Å². The van der Waals surface area contributed by atoms with E-state index in [0.717, 1.165) is 11.1 Å². The van der Waals surface area contributed by atoms with Crippen molar-refractivity contribution >= 4 is 27.3 Å². The molecule has 3 rings (SSSR count). The predicted molar refractivity (Wildman–Crippen MR) is 116 cm³/mol. The lowest BCUT2D eigenvalue weighted by Crippen LogP contribution is -2.30. The van der Waals surface area contributed by atoms with Crippen LogP contribution in [0.1, 0.15) is 11.1 Å². The number of aryl methyl sites for hydroxylation is 1. The van der Waals surface area contributed by atoms with Crippen LogP contribution in [0.3, 0.4) is 0 Å². The van der Waals surface area contributed by atoms with E-state index >= 15 is 0 Å². The average molecular weight is 432 g/mol. The number of methoxy groups -OCH3 is 2. The lowest BCUT2D eigenvalue weighted by Gasteiger charge is -2.25. The Morgan fingerprint density at radius 1 is 0.862 bits per heavy atom. The molecule has 0 aliphatic carbocycles. The lowest BCUT2D eigenvalue weighted by atomic mass is 10.1. The van der Waals surface area contributed by atoms with E-state index in [-0.39, 0.29) is 11.4 Å². The third-order valence-corrected chi connectivity index (χ3v) is 6.51. The van der Waals surface area contributed by atoms with E-state index in [1.54, 1.807) is 30.3 Å². The number of rotatable bonds is 7. The van der Waals surface area contributed by atoms with Crippen LogP contribution in [-0.2, 0) is 16.6 Å². The Bertz CT molecular complexity index is 1060. The minimum atomic E-state index is -3.87. The third-order valence-electron chi connectivity index (χ3n) is 4.47. The average Bonchev–Trinajstić information content (AvgIpc) is 2.73. The topological polar surface area (TPSA) is 55.8 Å². The number of hydrogen-bond acceptors (Lipinski definition) is 4. The zero-order chi connectivity index (χ0) is 21.0. The highest BCUT2D eigenvalue weighted by atomic mass is 35.5. The molecule has 0 aliphatic heterocycles. The van der Waals surface area contributed by atoms with Gasteiger partial charge in [0.1, 0.15) is 11.5 Å². The standard InChI is InChI=1S/C22H22ClNO4S/c1-16-4-6-17(7-5-16)15-24(19-12-20(27-2)14-21(13-19)28-3)29(25,26)22-10-8-18(23)9-11-22/h4-14H,15H2,1-3H3. The number of hydrogen-bond donors (Lipinski definition) is 0. The molecule has 0 unspecified atom stereocenters. The Kier molecular flexibility index (Phi) is 6.35. The van der Waals surface area contributed by atoms with E-state index in [1.807, 2.05) is 31.2 Å². The molecule has 0 saturated heterocycles. The molecule has 29 heavy (non-hydrogen) atoms. The van der Waals surface area contributed by atoms with Crippen LogP contribution in [0.2, 0.25) is 5.02 Å². The van der Waals surface area contributed by atoms with Crippen LogP contribution < -0.4 is 13.8 Å². The van der Waals surface area contributed by atoms with Gasteiger partial charge in [-0.3, -0.25) is 4.31 Å². The molecular weight excluding hydrogens is 410 g/mol. The summed E-state index contributed by atoms with van der Waals surface area (Å²) in [5.74, 6) is 0.999. The Morgan fingerprint density at radius 3 is 1.93 bits per heavy atom. The van der Waals surface area contributed by atoms with Gasteiger partial charge < -0.3 is 9.47 Å². The number of sulfonamides is 1.